The van der Waals surface area contributed by atoms with Crippen LogP contribution in [-0.4, -0.2) is 37.4 Å². The van der Waals surface area contributed by atoms with Gasteiger partial charge in [-0.3, -0.25) is 4.79 Å². The molecule has 158 valence electrons. The van der Waals surface area contributed by atoms with Crippen LogP contribution in [0.1, 0.15) is 9.67 Å². The number of anilines is 1. The minimum absolute atomic E-state index is 0.146. The highest BCUT2D eigenvalue weighted by molar-refractivity contribution is 7.12. The van der Waals surface area contributed by atoms with Crippen molar-refractivity contribution in [3.8, 4) is 40.1 Å². The molecule has 9 heteroatoms. The Hall–Kier alpha value is -3.85. The lowest BCUT2D eigenvalue weighted by atomic mass is 10.1. The van der Waals surface area contributed by atoms with Crippen LogP contribution in [0.5, 0.6) is 17.2 Å². The zero-order valence-electron chi connectivity index (χ0n) is 17.0. The van der Waals surface area contributed by atoms with Crippen LogP contribution in [-0.2, 0) is 0 Å². The quantitative estimate of drug-likeness (QED) is 0.446. The van der Waals surface area contributed by atoms with E-state index in [1.54, 1.807) is 44.6 Å². The number of hydrogen-bond acceptors (Lipinski definition) is 8. The van der Waals surface area contributed by atoms with E-state index in [4.69, 9.17) is 18.7 Å². The third-order valence-corrected chi connectivity index (χ3v) is 5.35. The normalized spacial score (nSPS) is 10.5. The molecule has 4 rings (SSSR count). The van der Waals surface area contributed by atoms with Gasteiger partial charge in [0.15, 0.2) is 11.5 Å². The predicted octanol–water partition coefficient (Wildman–Crippen LogP) is 4.74. The van der Waals surface area contributed by atoms with E-state index >= 15 is 0 Å². The topological polar surface area (TPSA) is 95.7 Å². The summed E-state index contributed by atoms with van der Waals surface area (Å²) in [5, 5.41) is 8.78. The summed E-state index contributed by atoms with van der Waals surface area (Å²) in [5.41, 5.74) is 2.06. The van der Waals surface area contributed by atoms with Gasteiger partial charge in [-0.1, -0.05) is 11.2 Å². The average molecular weight is 437 g/mol. The number of methoxy groups -OCH3 is 3. The highest BCUT2D eigenvalue weighted by atomic mass is 32.1. The summed E-state index contributed by atoms with van der Waals surface area (Å²) < 4.78 is 21.5. The Bertz CT molecular complexity index is 1160. The summed E-state index contributed by atoms with van der Waals surface area (Å²) in [6.45, 7) is 0. The Morgan fingerprint density at radius 3 is 2.26 bits per heavy atom. The Morgan fingerprint density at radius 2 is 1.68 bits per heavy atom. The van der Waals surface area contributed by atoms with E-state index in [1.165, 1.54) is 18.4 Å². The van der Waals surface area contributed by atoms with Crippen molar-refractivity contribution in [1.82, 2.24) is 10.1 Å². The maximum atomic E-state index is 12.2. The molecule has 0 radical (unpaired) electrons. The van der Waals surface area contributed by atoms with Crippen LogP contribution >= 0.6 is 11.3 Å². The second-order valence-electron chi connectivity index (χ2n) is 6.35. The van der Waals surface area contributed by atoms with Crippen molar-refractivity contribution in [3.63, 3.8) is 0 Å². The summed E-state index contributed by atoms with van der Waals surface area (Å²) in [4.78, 5) is 17.3. The highest BCUT2D eigenvalue weighted by Gasteiger charge is 2.18. The van der Waals surface area contributed by atoms with Crippen molar-refractivity contribution in [3.05, 3.63) is 58.8 Å². The summed E-state index contributed by atoms with van der Waals surface area (Å²) >= 11 is 1.39. The molecular formula is C22H19N3O5S. The minimum atomic E-state index is -0.146. The van der Waals surface area contributed by atoms with Gasteiger partial charge in [0, 0.05) is 16.8 Å². The molecule has 2 heterocycles. The fraction of sp³-hybridized carbons (Fsp3) is 0.136. The minimum Gasteiger partial charge on any atom is -0.493 e. The zero-order valence-corrected chi connectivity index (χ0v) is 17.9. The fourth-order valence-electron chi connectivity index (χ4n) is 2.97. The number of carbonyl (C=O) groups excluding carboxylic acids is 1. The van der Waals surface area contributed by atoms with Crippen molar-refractivity contribution in [2.24, 2.45) is 0 Å². The number of ether oxygens (including phenoxy) is 3. The van der Waals surface area contributed by atoms with E-state index in [9.17, 15) is 4.79 Å². The van der Waals surface area contributed by atoms with Crippen LogP contribution in [0.25, 0.3) is 22.8 Å². The van der Waals surface area contributed by atoms with E-state index in [-0.39, 0.29) is 5.91 Å². The first kappa shape index (κ1) is 20.4. The van der Waals surface area contributed by atoms with Crippen molar-refractivity contribution in [1.29, 1.82) is 0 Å². The number of thiophene rings is 1. The van der Waals surface area contributed by atoms with Crippen molar-refractivity contribution in [2.75, 3.05) is 26.6 Å². The highest BCUT2D eigenvalue weighted by Crippen LogP contribution is 2.41. The van der Waals surface area contributed by atoms with Crippen molar-refractivity contribution in [2.45, 2.75) is 0 Å². The molecule has 1 N–H and O–H groups in total. The molecule has 0 saturated carbocycles. The third kappa shape index (κ3) is 4.22. The second-order valence-corrected chi connectivity index (χ2v) is 7.29. The van der Waals surface area contributed by atoms with Gasteiger partial charge in [-0.05, 0) is 47.8 Å². The predicted molar refractivity (Wildman–Crippen MR) is 117 cm³/mol. The lowest BCUT2D eigenvalue weighted by Crippen LogP contribution is -2.09. The van der Waals surface area contributed by atoms with E-state index in [0.717, 1.165) is 5.56 Å². The van der Waals surface area contributed by atoms with Gasteiger partial charge in [-0.15, -0.1) is 11.3 Å². The number of nitrogens with one attached hydrogen (secondary N) is 1. The molecule has 0 atom stereocenters. The Labute approximate surface area is 182 Å². The molecule has 0 aliphatic rings. The van der Waals surface area contributed by atoms with Crippen LogP contribution in [0.15, 0.2) is 58.4 Å². The first-order valence-corrected chi connectivity index (χ1v) is 10.1. The molecule has 2 aromatic carbocycles. The fourth-order valence-corrected chi connectivity index (χ4v) is 3.58. The largest absolute Gasteiger partial charge is 0.493 e. The molecule has 0 fully saturated rings. The number of nitrogens with zero attached hydrogens (tertiary/aromatic N) is 2. The lowest BCUT2D eigenvalue weighted by Gasteiger charge is -2.12. The Morgan fingerprint density at radius 1 is 0.968 bits per heavy atom. The number of benzene rings is 2. The third-order valence-electron chi connectivity index (χ3n) is 4.48. The molecular weight excluding hydrogens is 418 g/mol. The number of aromatic nitrogens is 2. The first-order valence-electron chi connectivity index (χ1n) is 9.22. The molecule has 0 aliphatic carbocycles. The van der Waals surface area contributed by atoms with Gasteiger partial charge in [0.25, 0.3) is 11.8 Å². The monoisotopic (exact) mass is 437 g/mol. The summed E-state index contributed by atoms with van der Waals surface area (Å²) in [7, 11) is 4.62. The van der Waals surface area contributed by atoms with Gasteiger partial charge in [-0.25, -0.2) is 0 Å². The molecule has 2 aromatic heterocycles. The van der Waals surface area contributed by atoms with Crippen LogP contribution in [0.2, 0.25) is 0 Å². The van der Waals surface area contributed by atoms with E-state index < -0.39 is 0 Å². The molecule has 0 bridgehead atoms. The molecule has 4 aromatic rings. The van der Waals surface area contributed by atoms with Crippen LogP contribution in [0.3, 0.4) is 0 Å². The van der Waals surface area contributed by atoms with Crippen LogP contribution < -0.4 is 19.5 Å². The van der Waals surface area contributed by atoms with Gasteiger partial charge in [-0.2, -0.15) is 4.98 Å². The van der Waals surface area contributed by atoms with Crippen molar-refractivity contribution >= 4 is 22.9 Å². The molecule has 8 nitrogen and oxygen atoms in total. The SMILES string of the molecule is COc1cc(-c2nc(-c3ccc(NC(=O)c4cccs4)cc3)no2)cc(OC)c1OC. The Balaban J connectivity index is 1.56. The zero-order chi connectivity index (χ0) is 21.8. The maximum absolute atomic E-state index is 12.2. The summed E-state index contributed by atoms with van der Waals surface area (Å²) in [6.07, 6.45) is 0. The smallest absolute Gasteiger partial charge is 0.265 e. The molecule has 1 amide bonds. The van der Waals surface area contributed by atoms with Gasteiger partial charge >= 0.3 is 0 Å². The van der Waals surface area contributed by atoms with Crippen molar-refractivity contribution < 1.29 is 23.5 Å². The Kier molecular flexibility index (Phi) is 5.85. The number of carbonyl (C=O) groups is 1. The van der Waals surface area contributed by atoms with E-state index in [1.807, 2.05) is 23.6 Å². The standard InChI is InChI=1S/C22H19N3O5S/c1-27-16-11-14(12-17(28-2)19(16)29-3)22-24-20(25-30-22)13-6-8-15(9-7-13)23-21(26)18-5-4-10-31-18/h4-12H,1-3H3,(H,23,26). The average Bonchev–Trinajstić information content (AvgIpc) is 3.51. The number of hydrogen-bond donors (Lipinski definition) is 1. The maximum Gasteiger partial charge on any atom is 0.265 e. The molecule has 0 aliphatic heterocycles. The van der Waals surface area contributed by atoms with Crippen LogP contribution in [0.4, 0.5) is 5.69 Å². The number of amides is 1. The molecule has 31 heavy (non-hydrogen) atoms. The first-order chi connectivity index (χ1) is 15.1. The summed E-state index contributed by atoms with van der Waals surface area (Å²) in [5.74, 6) is 2.04. The van der Waals surface area contributed by atoms with E-state index in [0.29, 0.717) is 45.1 Å². The molecule has 0 saturated heterocycles. The molecule has 0 spiro atoms. The second kappa shape index (κ2) is 8.88. The van der Waals surface area contributed by atoms with Gasteiger partial charge in [0.05, 0.1) is 26.2 Å². The van der Waals surface area contributed by atoms with Gasteiger partial charge < -0.3 is 24.1 Å². The molecule has 0 unspecified atom stereocenters. The van der Waals surface area contributed by atoms with Crippen LogP contribution in [0, 0.1) is 0 Å². The van der Waals surface area contributed by atoms with Gasteiger partial charge in [0.1, 0.15) is 0 Å². The lowest BCUT2D eigenvalue weighted by molar-refractivity contribution is 0.103. The van der Waals surface area contributed by atoms with Gasteiger partial charge in [0.2, 0.25) is 11.6 Å². The summed E-state index contributed by atoms with van der Waals surface area (Å²) in [6, 6.07) is 14.3. The number of rotatable bonds is 7. The van der Waals surface area contributed by atoms with E-state index in [2.05, 4.69) is 15.5 Å².